The number of hydrogen-bond acceptors (Lipinski definition) is 2. The van der Waals surface area contributed by atoms with Crippen molar-refractivity contribution in [3.63, 3.8) is 0 Å². The monoisotopic (exact) mass is 302 g/mol. The topological polar surface area (TPSA) is 33.2 Å². The maximum atomic E-state index is 12.1. The van der Waals surface area contributed by atoms with Gasteiger partial charge in [-0.3, -0.25) is 9.78 Å². The minimum Gasteiger partial charge on any atom is -0.338 e. The van der Waals surface area contributed by atoms with E-state index < -0.39 is 0 Å². The normalized spacial score (nSPS) is 20.1. The molecule has 1 unspecified atom stereocenters. The molecule has 5 heteroatoms. The molecule has 0 radical (unpaired) electrons. The van der Waals surface area contributed by atoms with E-state index in [0.29, 0.717) is 17.4 Å². The number of pyridine rings is 1. The largest absolute Gasteiger partial charge is 0.338 e. The standard InChI is InChI=1S/C11H12BrClN2O/c12-10-3-9(5-14-6-10)11(16)15-2-1-8(4-13)7-15/h3,5-6,8H,1-2,4,7H2. The van der Waals surface area contributed by atoms with Gasteiger partial charge in [0.25, 0.3) is 5.91 Å². The van der Waals surface area contributed by atoms with E-state index in [-0.39, 0.29) is 5.91 Å². The zero-order valence-corrected chi connectivity index (χ0v) is 11.0. The molecule has 1 amide bonds. The molecule has 86 valence electrons. The second-order valence-electron chi connectivity index (χ2n) is 3.95. The Kier molecular flexibility index (Phi) is 3.82. The van der Waals surface area contributed by atoms with Gasteiger partial charge in [0.15, 0.2) is 0 Å². The Balaban J connectivity index is 2.08. The molecule has 1 aliphatic rings. The summed E-state index contributed by atoms with van der Waals surface area (Å²) in [6.07, 6.45) is 4.26. The van der Waals surface area contributed by atoms with Gasteiger partial charge >= 0.3 is 0 Å². The van der Waals surface area contributed by atoms with Crippen molar-refractivity contribution in [3.05, 3.63) is 28.5 Å². The summed E-state index contributed by atoms with van der Waals surface area (Å²) in [6.45, 7) is 1.55. The summed E-state index contributed by atoms with van der Waals surface area (Å²) in [6, 6.07) is 1.79. The molecule has 16 heavy (non-hydrogen) atoms. The van der Waals surface area contributed by atoms with Gasteiger partial charge in [-0.1, -0.05) is 0 Å². The van der Waals surface area contributed by atoms with Crippen molar-refractivity contribution in [2.75, 3.05) is 19.0 Å². The number of nitrogens with zero attached hydrogens (tertiary/aromatic N) is 2. The van der Waals surface area contributed by atoms with E-state index in [9.17, 15) is 4.79 Å². The molecule has 1 aromatic heterocycles. The molecule has 0 bridgehead atoms. The minimum absolute atomic E-state index is 0.0430. The fourth-order valence-electron chi connectivity index (χ4n) is 1.85. The van der Waals surface area contributed by atoms with E-state index in [1.54, 1.807) is 18.5 Å². The van der Waals surface area contributed by atoms with E-state index in [4.69, 9.17) is 11.6 Å². The third-order valence-electron chi connectivity index (χ3n) is 2.74. The molecule has 1 aliphatic heterocycles. The van der Waals surface area contributed by atoms with Crippen LogP contribution < -0.4 is 0 Å². The summed E-state index contributed by atoms with van der Waals surface area (Å²) >= 11 is 9.10. The molecule has 2 rings (SSSR count). The second-order valence-corrected chi connectivity index (χ2v) is 5.18. The molecule has 1 saturated heterocycles. The summed E-state index contributed by atoms with van der Waals surface area (Å²) in [5.74, 6) is 1.10. The molecule has 1 fully saturated rings. The lowest BCUT2D eigenvalue weighted by Crippen LogP contribution is -2.28. The third kappa shape index (κ3) is 2.55. The number of halogens is 2. The first kappa shape index (κ1) is 11.9. The molecular weight excluding hydrogens is 291 g/mol. The number of carbonyl (C=O) groups is 1. The Bertz CT molecular complexity index is 399. The predicted octanol–water partition coefficient (Wildman–Crippen LogP) is 2.55. The van der Waals surface area contributed by atoms with Crippen molar-refractivity contribution in [1.29, 1.82) is 0 Å². The van der Waals surface area contributed by atoms with Crippen LogP contribution in [0.3, 0.4) is 0 Å². The fraction of sp³-hybridized carbons (Fsp3) is 0.455. The first-order chi connectivity index (χ1) is 7.70. The number of hydrogen-bond donors (Lipinski definition) is 0. The first-order valence-corrected chi connectivity index (χ1v) is 6.49. The zero-order valence-electron chi connectivity index (χ0n) is 8.70. The van der Waals surface area contributed by atoms with Gasteiger partial charge in [0.1, 0.15) is 0 Å². The van der Waals surface area contributed by atoms with Crippen molar-refractivity contribution in [3.8, 4) is 0 Å². The van der Waals surface area contributed by atoms with Gasteiger partial charge in [0.2, 0.25) is 0 Å². The number of alkyl halides is 1. The van der Waals surface area contributed by atoms with E-state index >= 15 is 0 Å². The van der Waals surface area contributed by atoms with Crippen LogP contribution in [0.15, 0.2) is 22.9 Å². The van der Waals surface area contributed by atoms with Crippen molar-refractivity contribution in [1.82, 2.24) is 9.88 Å². The van der Waals surface area contributed by atoms with Crippen LogP contribution in [-0.2, 0) is 0 Å². The van der Waals surface area contributed by atoms with E-state index in [1.165, 1.54) is 0 Å². The maximum Gasteiger partial charge on any atom is 0.255 e. The lowest BCUT2D eigenvalue weighted by Gasteiger charge is -2.15. The smallest absolute Gasteiger partial charge is 0.255 e. The molecular formula is C11H12BrClN2O. The highest BCUT2D eigenvalue weighted by Gasteiger charge is 2.26. The van der Waals surface area contributed by atoms with Crippen molar-refractivity contribution >= 4 is 33.4 Å². The lowest BCUT2D eigenvalue weighted by atomic mass is 10.2. The van der Waals surface area contributed by atoms with E-state index in [2.05, 4.69) is 20.9 Å². The Morgan fingerprint density at radius 3 is 3.06 bits per heavy atom. The molecule has 3 nitrogen and oxygen atoms in total. The average Bonchev–Trinajstić information content (AvgIpc) is 2.76. The van der Waals surface area contributed by atoms with Gasteiger partial charge in [-0.15, -0.1) is 11.6 Å². The summed E-state index contributed by atoms with van der Waals surface area (Å²) in [5.41, 5.74) is 0.629. The molecule has 0 saturated carbocycles. The number of carbonyl (C=O) groups excluding carboxylic acids is 1. The highest BCUT2D eigenvalue weighted by molar-refractivity contribution is 9.10. The lowest BCUT2D eigenvalue weighted by molar-refractivity contribution is 0.0788. The van der Waals surface area contributed by atoms with Crippen LogP contribution in [0.4, 0.5) is 0 Å². The Hall–Kier alpha value is -0.610. The summed E-state index contributed by atoms with van der Waals surface area (Å²) in [4.78, 5) is 17.9. The van der Waals surface area contributed by atoms with Gasteiger partial charge < -0.3 is 4.90 Å². The first-order valence-electron chi connectivity index (χ1n) is 5.16. The maximum absolute atomic E-state index is 12.1. The van der Waals surface area contributed by atoms with Gasteiger partial charge in [0, 0.05) is 35.8 Å². The van der Waals surface area contributed by atoms with Crippen molar-refractivity contribution in [2.24, 2.45) is 5.92 Å². The Morgan fingerprint density at radius 2 is 2.44 bits per heavy atom. The number of rotatable bonds is 2. The van der Waals surface area contributed by atoms with Crippen molar-refractivity contribution in [2.45, 2.75) is 6.42 Å². The molecule has 2 heterocycles. The Labute approximate surface area is 108 Å². The van der Waals surface area contributed by atoms with Crippen LogP contribution in [0, 0.1) is 5.92 Å². The second kappa shape index (κ2) is 5.15. The van der Waals surface area contributed by atoms with Crippen molar-refractivity contribution < 1.29 is 4.79 Å². The predicted molar refractivity (Wildman–Crippen MR) is 66.7 cm³/mol. The minimum atomic E-state index is 0.0430. The van der Waals surface area contributed by atoms with E-state index in [1.807, 2.05) is 4.90 Å². The summed E-state index contributed by atoms with van der Waals surface area (Å²) < 4.78 is 0.825. The fourth-order valence-corrected chi connectivity index (χ4v) is 2.47. The van der Waals surface area contributed by atoms with Crippen LogP contribution in [0.1, 0.15) is 16.8 Å². The quantitative estimate of drug-likeness (QED) is 0.787. The van der Waals surface area contributed by atoms with Gasteiger partial charge in [-0.25, -0.2) is 0 Å². The molecule has 0 aliphatic carbocycles. The Morgan fingerprint density at radius 1 is 1.62 bits per heavy atom. The van der Waals surface area contributed by atoms with E-state index in [0.717, 1.165) is 24.0 Å². The molecule has 0 aromatic carbocycles. The summed E-state index contributed by atoms with van der Waals surface area (Å²) in [5, 5.41) is 0. The molecule has 0 spiro atoms. The highest BCUT2D eigenvalue weighted by Crippen LogP contribution is 2.20. The van der Waals surface area contributed by atoms with Crippen LogP contribution in [0.25, 0.3) is 0 Å². The number of likely N-dealkylation sites (tertiary alicyclic amines) is 1. The molecule has 0 N–H and O–H groups in total. The average molecular weight is 304 g/mol. The number of aromatic nitrogens is 1. The van der Waals surface area contributed by atoms with Crippen LogP contribution >= 0.6 is 27.5 Å². The zero-order chi connectivity index (χ0) is 11.5. The van der Waals surface area contributed by atoms with Crippen LogP contribution in [0.2, 0.25) is 0 Å². The van der Waals surface area contributed by atoms with Gasteiger partial charge in [-0.05, 0) is 34.3 Å². The summed E-state index contributed by atoms with van der Waals surface area (Å²) in [7, 11) is 0. The van der Waals surface area contributed by atoms with Crippen LogP contribution in [-0.4, -0.2) is 34.8 Å². The van der Waals surface area contributed by atoms with Crippen LogP contribution in [0.5, 0.6) is 0 Å². The highest BCUT2D eigenvalue weighted by atomic mass is 79.9. The SMILES string of the molecule is O=C(c1cncc(Br)c1)N1CCC(CCl)C1. The van der Waals surface area contributed by atoms with Gasteiger partial charge in [-0.2, -0.15) is 0 Å². The molecule has 1 aromatic rings. The number of amides is 1. The van der Waals surface area contributed by atoms with Gasteiger partial charge in [0.05, 0.1) is 5.56 Å². The molecule has 1 atom stereocenters. The third-order valence-corrected chi connectivity index (χ3v) is 3.61.